The predicted molar refractivity (Wildman–Crippen MR) is 84.0 cm³/mol. The highest BCUT2D eigenvalue weighted by Crippen LogP contribution is 2.25. The molecule has 0 aliphatic carbocycles. The van der Waals surface area contributed by atoms with Crippen molar-refractivity contribution in [3.8, 4) is 11.4 Å². The average Bonchev–Trinajstić information content (AvgIpc) is 3.08. The minimum atomic E-state index is -4.75. The standard InChI is InChI=1S/C14H14F3N5O3S/c15-14(16,17)25-11-3-1-10(2-4-11)22-13(18-19-20-22)26-9-12(23)21-5-7-24-8-6-21/h1-4H,5-9H2. The molecule has 0 radical (unpaired) electrons. The van der Waals surface area contributed by atoms with Crippen molar-refractivity contribution < 1.29 is 27.4 Å². The van der Waals surface area contributed by atoms with E-state index in [2.05, 4.69) is 20.3 Å². The quantitative estimate of drug-likeness (QED) is 0.717. The van der Waals surface area contributed by atoms with Crippen molar-refractivity contribution >= 4 is 17.7 Å². The molecule has 0 bridgehead atoms. The number of ether oxygens (including phenoxy) is 2. The van der Waals surface area contributed by atoms with E-state index >= 15 is 0 Å². The van der Waals surface area contributed by atoms with E-state index in [0.29, 0.717) is 37.1 Å². The molecule has 1 aromatic carbocycles. The summed E-state index contributed by atoms with van der Waals surface area (Å²) >= 11 is 1.15. The summed E-state index contributed by atoms with van der Waals surface area (Å²) in [4.78, 5) is 13.9. The molecule has 2 heterocycles. The van der Waals surface area contributed by atoms with Crippen LogP contribution in [0.25, 0.3) is 5.69 Å². The summed E-state index contributed by atoms with van der Waals surface area (Å²) in [5.41, 5.74) is 0.450. The van der Waals surface area contributed by atoms with Crippen molar-refractivity contribution in [2.24, 2.45) is 0 Å². The maximum Gasteiger partial charge on any atom is 0.573 e. The van der Waals surface area contributed by atoms with Gasteiger partial charge in [0.25, 0.3) is 0 Å². The Labute approximate surface area is 150 Å². The number of carbonyl (C=O) groups excluding carboxylic acids is 1. The third-order valence-electron chi connectivity index (χ3n) is 3.44. The molecule has 0 spiro atoms. The number of hydrogen-bond acceptors (Lipinski definition) is 7. The second-order valence-corrected chi connectivity index (χ2v) is 6.14. The lowest BCUT2D eigenvalue weighted by molar-refractivity contribution is -0.274. The lowest BCUT2D eigenvalue weighted by Crippen LogP contribution is -2.41. The van der Waals surface area contributed by atoms with Gasteiger partial charge in [0.05, 0.1) is 24.7 Å². The summed E-state index contributed by atoms with van der Waals surface area (Å²) in [6, 6.07) is 5.12. The smallest absolute Gasteiger partial charge is 0.406 e. The van der Waals surface area contributed by atoms with Crippen LogP contribution in [0.1, 0.15) is 0 Å². The van der Waals surface area contributed by atoms with Gasteiger partial charge in [-0.3, -0.25) is 4.79 Å². The molecule has 12 heteroatoms. The fourth-order valence-corrected chi connectivity index (χ4v) is 3.04. The summed E-state index contributed by atoms with van der Waals surface area (Å²) in [6.45, 7) is 2.12. The minimum absolute atomic E-state index is 0.0539. The first-order valence-electron chi connectivity index (χ1n) is 7.55. The van der Waals surface area contributed by atoms with Gasteiger partial charge in [-0.2, -0.15) is 4.68 Å². The van der Waals surface area contributed by atoms with Gasteiger partial charge in [0.2, 0.25) is 11.1 Å². The van der Waals surface area contributed by atoms with E-state index in [1.165, 1.54) is 16.8 Å². The van der Waals surface area contributed by atoms with Gasteiger partial charge >= 0.3 is 6.36 Å². The van der Waals surface area contributed by atoms with Gasteiger partial charge in [0.1, 0.15) is 5.75 Å². The Balaban J connectivity index is 1.63. The number of thioether (sulfide) groups is 1. The largest absolute Gasteiger partial charge is 0.573 e. The highest BCUT2D eigenvalue weighted by molar-refractivity contribution is 7.99. The Hall–Kier alpha value is -2.34. The van der Waals surface area contributed by atoms with Crippen LogP contribution in [0.15, 0.2) is 29.4 Å². The fraction of sp³-hybridized carbons (Fsp3) is 0.429. The molecule has 0 atom stereocenters. The molecule has 1 saturated heterocycles. The molecular weight excluding hydrogens is 375 g/mol. The van der Waals surface area contributed by atoms with Gasteiger partial charge in [-0.05, 0) is 34.7 Å². The summed E-state index contributed by atoms with van der Waals surface area (Å²) in [5.74, 6) is -0.247. The number of alkyl halides is 3. The van der Waals surface area contributed by atoms with Crippen molar-refractivity contribution in [1.29, 1.82) is 0 Å². The number of morpholine rings is 1. The highest BCUT2D eigenvalue weighted by Gasteiger charge is 2.31. The van der Waals surface area contributed by atoms with Crippen LogP contribution in [0.3, 0.4) is 0 Å². The topological polar surface area (TPSA) is 82.4 Å². The number of amides is 1. The molecule has 140 valence electrons. The van der Waals surface area contributed by atoms with E-state index in [0.717, 1.165) is 23.9 Å². The SMILES string of the molecule is O=C(CSc1nnnn1-c1ccc(OC(F)(F)F)cc1)N1CCOCC1. The van der Waals surface area contributed by atoms with Crippen molar-refractivity contribution in [3.63, 3.8) is 0 Å². The third kappa shape index (κ3) is 4.85. The van der Waals surface area contributed by atoms with Crippen LogP contribution in [0.5, 0.6) is 5.75 Å². The van der Waals surface area contributed by atoms with E-state index in [1.54, 1.807) is 4.90 Å². The molecule has 1 amide bonds. The van der Waals surface area contributed by atoms with Gasteiger partial charge in [-0.15, -0.1) is 18.3 Å². The summed E-state index contributed by atoms with van der Waals surface area (Å²) < 4.78 is 47.0. The maximum atomic E-state index is 12.2. The molecule has 3 rings (SSSR count). The van der Waals surface area contributed by atoms with Crippen LogP contribution < -0.4 is 4.74 Å². The summed E-state index contributed by atoms with van der Waals surface area (Å²) in [7, 11) is 0. The van der Waals surface area contributed by atoms with E-state index in [4.69, 9.17) is 4.74 Å². The van der Waals surface area contributed by atoms with E-state index in [9.17, 15) is 18.0 Å². The Morgan fingerprint density at radius 2 is 1.92 bits per heavy atom. The monoisotopic (exact) mass is 389 g/mol. The van der Waals surface area contributed by atoms with Crippen LogP contribution in [0.4, 0.5) is 13.2 Å². The molecule has 1 aliphatic rings. The molecule has 2 aromatic rings. The number of tetrazole rings is 1. The normalized spacial score (nSPS) is 15.1. The van der Waals surface area contributed by atoms with Crippen molar-refractivity contribution in [2.75, 3.05) is 32.1 Å². The van der Waals surface area contributed by atoms with Crippen LogP contribution in [0, 0.1) is 0 Å². The lowest BCUT2D eigenvalue weighted by Gasteiger charge is -2.26. The number of hydrogen-bond donors (Lipinski definition) is 0. The molecule has 1 aliphatic heterocycles. The molecule has 26 heavy (non-hydrogen) atoms. The number of carbonyl (C=O) groups is 1. The zero-order valence-corrected chi connectivity index (χ0v) is 14.2. The first-order chi connectivity index (χ1) is 12.4. The van der Waals surface area contributed by atoms with Gasteiger partial charge in [-0.1, -0.05) is 11.8 Å². The van der Waals surface area contributed by atoms with Crippen LogP contribution in [-0.2, 0) is 9.53 Å². The van der Waals surface area contributed by atoms with E-state index in [-0.39, 0.29) is 17.4 Å². The number of rotatable bonds is 5. The van der Waals surface area contributed by atoms with Gasteiger partial charge in [-0.25, -0.2) is 0 Å². The maximum absolute atomic E-state index is 12.2. The van der Waals surface area contributed by atoms with Crippen LogP contribution in [0.2, 0.25) is 0 Å². The second kappa shape index (κ2) is 7.91. The number of halogens is 3. The molecule has 0 N–H and O–H groups in total. The number of nitrogens with zero attached hydrogens (tertiary/aromatic N) is 5. The Bertz CT molecular complexity index is 747. The molecule has 1 aromatic heterocycles. The fourth-order valence-electron chi connectivity index (χ4n) is 2.25. The number of benzene rings is 1. The van der Waals surface area contributed by atoms with Crippen LogP contribution in [-0.4, -0.2) is 69.4 Å². The third-order valence-corrected chi connectivity index (χ3v) is 4.35. The van der Waals surface area contributed by atoms with E-state index < -0.39 is 6.36 Å². The van der Waals surface area contributed by atoms with Gasteiger partial charge < -0.3 is 14.4 Å². The van der Waals surface area contributed by atoms with Crippen molar-refractivity contribution in [3.05, 3.63) is 24.3 Å². The average molecular weight is 389 g/mol. The van der Waals surface area contributed by atoms with Crippen molar-refractivity contribution in [2.45, 2.75) is 11.5 Å². The zero-order chi connectivity index (χ0) is 18.6. The Kier molecular flexibility index (Phi) is 5.61. The number of aromatic nitrogens is 4. The van der Waals surface area contributed by atoms with E-state index in [1.807, 2.05) is 0 Å². The summed E-state index contributed by atoms with van der Waals surface area (Å²) in [5, 5.41) is 11.6. The second-order valence-electron chi connectivity index (χ2n) is 5.20. The highest BCUT2D eigenvalue weighted by atomic mass is 32.2. The Morgan fingerprint density at radius 1 is 1.23 bits per heavy atom. The van der Waals surface area contributed by atoms with Crippen molar-refractivity contribution in [1.82, 2.24) is 25.1 Å². The van der Waals surface area contributed by atoms with Crippen LogP contribution >= 0.6 is 11.8 Å². The Morgan fingerprint density at radius 3 is 2.58 bits per heavy atom. The molecule has 1 fully saturated rings. The summed E-state index contributed by atoms with van der Waals surface area (Å²) in [6.07, 6.45) is -4.75. The minimum Gasteiger partial charge on any atom is -0.406 e. The lowest BCUT2D eigenvalue weighted by atomic mass is 10.3. The first-order valence-corrected chi connectivity index (χ1v) is 8.54. The molecule has 0 unspecified atom stereocenters. The van der Waals surface area contributed by atoms with Gasteiger partial charge in [0.15, 0.2) is 0 Å². The zero-order valence-electron chi connectivity index (χ0n) is 13.3. The first kappa shape index (κ1) is 18.5. The molecular formula is C14H14F3N5O3S. The predicted octanol–water partition coefficient (Wildman–Crippen LogP) is 1.51. The molecule has 0 saturated carbocycles. The molecule has 8 nitrogen and oxygen atoms in total. The van der Waals surface area contributed by atoms with Gasteiger partial charge in [0, 0.05) is 13.1 Å².